The van der Waals surface area contributed by atoms with E-state index < -0.39 is 37.1 Å². The summed E-state index contributed by atoms with van der Waals surface area (Å²) in [6.07, 6.45) is 2.09. The number of likely N-dealkylation sites (tertiary alicyclic amines) is 1. The van der Waals surface area contributed by atoms with Crippen LogP contribution in [0.25, 0.3) is 0 Å². The second kappa shape index (κ2) is 14.0. The number of carbonyl (C=O) groups is 3. The maximum Gasteiger partial charge on any atom is 0.264 e. The second-order valence-corrected chi connectivity index (χ2v) is 20.4. The summed E-state index contributed by atoms with van der Waals surface area (Å²) in [5.41, 5.74) is 1.13. The smallest absolute Gasteiger partial charge is 0.264 e. The molecule has 3 aromatic rings. The number of aliphatic hydroxyl groups excluding tert-OH is 1. The predicted octanol–water partition coefficient (Wildman–Crippen LogP) is 5.97. The molecule has 0 aromatic heterocycles. The van der Waals surface area contributed by atoms with Gasteiger partial charge in [0.15, 0.2) is 5.60 Å². The minimum Gasteiger partial charge on any atom is -0.394 e. The zero-order chi connectivity index (χ0) is 38.0. The summed E-state index contributed by atoms with van der Waals surface area (Å²) in [5, 5.41) is 13.7. The van der Waals surface area contributed by atoms with Crippen molar-refractivity contribution in [2.45, 2.75) is 87.5 Å². The first-order valence-corrected chi connectivity index (χ1v) is 22.6. The third-order valence-corrected chi connectivity index (χ3v) is 15.4. The topological polar surface area (TPSA) is 106 Å². The molecule has 5 aliphatic heterocycles. The molecule has 3 amide bonds. The Hall–Kier alpha value is -3.81. The van der Waals surface area contributed by atoms with Crippen LogP contribution in [0, 0.1) is 5.92 Å². The van der Waals surface area contributed by atoms with Gasteiger partial charge < -0.3 is 34.0 Å². The third-order valence-electron chi connectivity index (χ3n) is 12.7. The lowest BCUT2D eigenvalue weighted by molar-refractivity contribution is -0.150. The molecule has 286 valence electrons. The number of nitrogens with zero attached hydrogens (tertiary/aromatic N) is 4. The fourth-order valence-electron chi connectivity index (χ4n) is 10.2. The van der Waals surface area contributed by atoms with E-state index in [9.17, 15) is 19.5 Å². The highest BCUT2D eigenvalue weighted by atomic mass is 35.5. The number of rotatable bonds is 8. The molecule has 8 rings (SSSR count). The van der Waals surface area contributed by atoms with E-state index in [1.54, 1.807) is 35.0 Å². The summed E-state index contributed by atoms with van der Waals surface area (Å²) >= 11 is 6.57. The lowest BCUT2D eigenvalue weighted by atomic mass is 9.82. The fraction of sp³-hybridized carbons (Fsp3) is 0.488. The minimum absolute atomic E-state index is 0.0625. The number of para-hydroxylation sites is 1. The number of nitrogens with one attached hydrogen (secondary N) is 1. The van der Waals surface area contributed by atoms with Gasteiger partial charge in [0.1, 0.15) is 5.54 Å². The van der Waals surface area contributed by atoms with Gasteiger partial charge in [0.05, 0.1) is 44.1 Å². The monoisotopic (exact) mass is 773 g/mol. The van der Waals surface area contributed by atoms with Crippen molar-refractivity contribution in [2.75, 3.05) is 47.6 Å². The number of fused-ring (bicyclic) bond motifs is 2. The molecule has 0 unspecified atom stereocenters. The first-order chi connectivity index (χ1) is 25.9. The quantitative estimate of drug-likeness (QED) is 0.215. The highest BCUT2D eigenvalue weighted by molar-refractivity contribution is 6.72. The van der Waals surface area contributed by atoms with Crippen LogP contribution in [0.1, 0.15) is 50.2 Å². The van der Waals surface area contributed by atoms with Gasteiger partial charge in [0.2, 0.25) is 14.3 Å². The largest absolute Gasteiger partial charge is 0.394 e. The van der Waals surface area contributed by atoms with Crippen LogP contribution < -0.4 is 20.0 Å². The van der Waals surface area contributed by atoms with Gasteiger partial charge in [-0.2, -0.15) is 0 Å². The van der Waals surface area contributed by atoms with Crippen LogP contribution in [0.2, 0.25) is 23.7 Å². The summed E-state index contributed by atoms with van der Waals surface area (Å²) in [5.74, 6) is -0.964. The molecule has 54 heavy (non-hydrogen) atoms. The van der Waals surface area contributed by atoms with E-state index in [1.807, 2.05) is 60.4 Å². The van der Waals surface area contributed by atoms with E-state index in [1.165, 1.54) is 0 Å². The third kappa shape index (κ3) is 5.96. The van der Waals surface area contributed by atoms with Gasteiger partial charge in [-0.25, -0.2) is 0 Å². The van der Waals surface area contributed by atoms with Crippen molar-refractivity contribution in [2.24, 2.45) is 5.92 Å². The van der Waals surface area contributed by atoms with Gasteiger partial charge >= 0.3 is 0 Å². The highest BCUT2D eigenvalue weighted by Gasteiger charge is 2.67. The maximum atomic E-state index is 16.4. The van der Waals surface area contributed by atoms with Crippen LogP contribution in [-0.4, -0.2) is 86.7 Å². The van der Waals surface area contributed by atoms with Crippen molar-refractivity contribution in [3.63, 3.8) is 0 Å². The number of benzene rings is 3. The predicted molar refractivity (Wildman–Crippen MR) is 210 cm³/mol. The summed E-state index contributed by atoms with van der Waals surface area (Å²) in [4.78, 5) is 50.2. The Bertz CT molecular complexity index is 1920. The van der Waals surface area contributed by atoms with E-state index in [2.05, 4.69) is 22.3 Å². The lowest BCUT2D eigenvalue weighted by Crippen LogP contribution is -2.55. The van der Waals surface area contributed by atoms with E-state index >= 15 is 4.11 Å². The highest BCUT2D eigenvalue weighted by Crippen LogP contribution is 2.60. The van der Waals surface area contributed by atoms with Crippen molar-refractivity contribution in [3.05, 3.63) is 88.9 Å². The number of anilines is 3. The van der Waals surface area contributed by atoms with Crippen LogP contribution >= 0.6 is 11.6 Å². The Balaban J connectivity index is 1.07. The van der Waals surface area contributed by atoms with Gasteiger partial charge in [-0.1, -0.05) is 48.9 Å². The zero-order valence-corrected chi connectivity index (χ0v) is 32.9. The zero-order valence-electron chi connectivity index (χ0n) is 31.1. The molecule has 5 heterocycles. The SMILES string of the molecule is C[C@@H]1[C@@H]([Si](C)(C)F)[C@H](CC(=O)N2CCC[C@H]2CO)O[C@@]12C(=O)N(Cc1ccc(N3CN(c4ccccc4)C4(CCNCC4)C3=O)cc1)c1ccc(Cl)cc12. The molecular weight excluding hydrogens is 725 g/mol. The average Bonchev–Trinajstić information content (AvgIpc) is 3.89. The fourth-order valence-corrected chi connectivity index (χ4v) is 12.8. The molecule has 5 aliphatic rings. The maximum absolute atomic E-state index is 16.4. The Kier molecular flexibility index (Phi) is 9.65. The molecule has 0 radical (unpaired) electrons. The second-order valence-electron chi connectivity index (χ2n) is 16.2. The van der Waals surface area contributed by atoms with Gasteiger partial charge in [0, 0.05) is 40.0 Å². The van der Waals surface area contributed by atoms with Crippen molar-refractivity contribution < 1.29 is 28.3 Å². The molecule has 0 aliphatic carbocycles. The summed E-state index contributed by atoms with van der Waals surface area (Å²) in [6.45, 7) is 7.74. The number of halogens is 2. The van der Waals surface area contributed by atoms with Gasteiger partial charge in [-0.3, -0.25) is 19.3 Å². The number of hydrogen-bond acceptors (Lipinski definition) is 7. The van der Waals surface area contributed by atoms with Crippen LogP contribution in [-0.2, 0) is 31.3 Å². The van der Waals surface area contributed by atoms with Crippen molar-refractivity contribution in [1.82, 2.24) is 10.2 Å². The number of hydrogen-bond donors (Lipinski definition) is 2. The van der Waals surface area contributed by atoms with Gasteiger partial charge in [-0.05, 0) is 99.9 Å². The molecule has 0 bridgehead atoms. The van der Waals surface area contributed by atoms with Crippen molar-refractivity contribution in [3.8, 4) is 0 Å². The number of piperidine rings is 1. The molecule has 13 heteroatoms. The molecule has 10 nitrogen and oxygen atoms in total. The van der Waals surface area contributed by atoms with Crippen LogP contribution in [0.3, 0.4) is 0 Å². The van der Waals surface area contributed by atoms with Crippen LogP contribution in [0.15, 0.2) is 72.8 Å². The normalized spacial score (nSPS) is 27.9. The molecule has 2 N–H and O–H groups in total. The van der Waals surface area contributed by atoms with E-state index in [0.29, 0.717) is 29.5 Å². The lowest BCUT2D eigenvalue weighted by Gasteiger charge is -2.39. The van der Waals surface area contributed by atoms with Gasteiger partial charge in [-0.15, -0.1) is 0 Å². The average molecular weight is 774 g/mol. The number of carbonyl (C=O) groups excluding carboxylic acids is 3. The Morgan fingerprint density at radius 2 is 1.74 bits per heavy atom. The Labute approximate surface area is 322 Å². The summed E-state index contributed by atoms with van der Waals surface area (Å²) in [7, 11) is -3.49. The molecule has 0 saturated carbocycles. The van der Waals surface area contributed by atoms with E-state index in [4.69, 9.17) is 16.3 Å². The van der Waals surface area contributed by atoms with Gasteiger partial charge in [0.25, 0.3) is 11.8 Å². The first kappa shape index (κ1) is 37.1. The Morgan fingerprint density at radius 1 is 1.02 bits per heavy atom. The van der Waals surface area contributed by atoms with E-state index in [0.717, 1.165) is 55.7 Å². The molecule has 4 fully saturated rings. The minimum atomic E-state index is -3.49. The van der Waals surface area contributed by atoms with Crippen molar-refractivity contribution in [1.29, 1.82) is 0 Å². The summed E-state index contributed by atoms with van der Waals surface area (Å²) in [6, 6.07) is 22.9. The van der Waals surface area contributed by atoms with Crippen LogP contribution in [0.4, 0.5) is 21.2 Å². The van der Waals surface area contributed by atoms with E-state index in [-0.39, 0.29) is 43.3 Å². The molecule has 4 saturated heterocycles. The molecule has 2 spiro atoms. The standard InChI is InChI=1S/C41H49ClFN5O5Si/c1-27-37(54(2,3)43)35(23-36(50)45-21-7-10-32(45)25-49)53-41(27)33-22-29(42)13-16-34(33)46(39(41)52)24-28-11-14-30(15-12-28)47-26-48(31-8-5-4-6-9-31)40(38(47)51)17-19-44-20-18-40/h4-6,8-9,11-16,22,27,32,35,37,44,49H,7,10,17-21,23-26H2,1-3H3/t27-,32+,35+,37-,41+/m1/s1. The number of aliphatic hydroxyl groups is 1. The number of amides is 3. The first-order valence-electron chi connectivity index (χ1n) is 19.2. The number of ether oxygens (including phenoxy) is 1. The summed E-state index contributed by atoms with van der Waals surface area (Å²) < 4.78 is 23.2. The molecular formula is C41H49ClFN5O5Si. The van der Waals surface area contributed by atoms with Crippen LogP contribution in [0.5, 0.6) is 0 Å². The molecule has 3 aromatic carbocycles. The van der Waals surface area contributed by atoms with Crippen molar-refractivity contribution >= 4 is 54.8 Å². The Morgan fingerprint density at radius 3 is 2.43 bits per heavy atom. The molecule has 5 atom stereocenters.